The van der Waals surface area contributed by atoms with Crippen LogP contribution in [0.1, 0.15) is 11.3 Å². The second-order valence-electron chi connectivity index (χ2n) is 6.56. The van der Waals surface area contributed by atoms with Crippen LogP contribution in [-0.2, 0) is 13.1 Å². The molecule has 0 radical (unpaired) electrons. The van der Waals surface area contributed by atoms with Gasteiger partial charge in [0.2, 0.25) is 0 Å². The van der Waals surface area contributed by atoms with Crippen LogP contribution >= 0.6 is 27.3 Å². The van der Waals surface area contributed by atoms with E-state index in [0.29, 0.717) is 0 Å². The third-order valence-corrected chi connectivity index (χ3v) is 6.12. The summed E-state index contributed by atoms with van der Waals surface area (Å²) in [6.45, 7) is 6.35. The second-order valence-corrected chi connectivity index (χ2v) is 8.33. The molecule has 3 heterocycles. The molecular weight excluding hydrogens is 408 g/mol. The number of hydrogen-bond acceptors (Lipinski definition) is 5. The zero-order valence-electron chi connectivity index (χ0n) is 14.5. The molecule has 4 nitrogen and oxygen atoms in total. The standard InChI is InChI=1S/C20H21BrN4S/c21-18-3-1-17(2-4-18)20-23-19(15-26-20)14-25-11-9-24(10-12-25)13-16-5-7-22-8-6-16/h1-8,15H,9-14H2. The monoisotopic (exact) mass is 428 g/mol. The number of halogens is 1. The lowest BCUT2D eigenvalue weighted by Crippen LogP contribution is -2.45. The average Bonchev–Trinajstić information content (AvgIpc) is 3.13. The van der Waals surface area contributed by atoms with E-state index in [-0.39, 0.29) is 0 Å². The fourth-order valence-electron chi connectivity index (χ4n) is 3.19. The average molecular weight is 429 g/mol. The molecule has 0 spiro atoms. The maximum absolute atomic E-state index is 4.83. The number of thiazole rings is 1. The largest absolute Gasteiger partial charge is 0.297 e. The Morgan fingerprint density at radius 1 is 0.885 bits per heavy atom. The van der Waals surface area contributed by atoms with Crippen LogP contribution in [0.15, 0.2) is 58.6 Å². The zero-order chi connectivity index (χ0) is 17.8. The van der Waals surface area contributed by atoms with E-state index in [4.69, 9.17) is 4.98 Å². The van der Waals surface area contributed by atoms with Gasteiger partial charge in [-0.1, -0.05) is 28.1 Å². The molecule has 0 N–H and O–H groups in total. The van der Waals surface area contributed by atoms with E-state index in [1.165, 1.54) is 16.8 Å². The highest BCUT2D eigenvalue weighted by Crippen LogP contribution is 2.26. The second kappa shape index (κ2) is 8.39. The Balaban J connectivity index is 1.30. The number of pyridine rings is 1. The molecule has 0 aliphatic carbocycles. The molecule has 1 aromatic carbocycles. The predicted octanol–water partition coefficient (Wildman–Crippen LogP) is 4.29. The van der Waals surface area contributed by atoms with Gasteiger partial charge in [0.25, 0.3) is 0 Å². The summed E-state index contributed by atoms with van der Waals surface area (Å²) in [6, 6.07) is 12.6. The van der Waals surface area contributed by atoms with E-state index in [2.05, 4.69) is 72.5 Å². The minimum Gasteiger partial charge on any atom is -0.297 e. The highest BCUT2D eigenvalue weighted by molar-refractivity contribution is 9.10. The topological polar surface area (TPSA) is 32.3 Å². The van der Waals surface area contributed by atoms with Crippen molar-refractivity contribution < 1.29 is 0 Å². The molecule has 0 bridgehead atoms. The summed E-state index contributed by atoms with van der Waals surface area (Å²) < 4.78 is 1.10. The third-order valence-electron chi connectivity index (χ3n) is 4.65. The summed E-state index contributed by atoms with van der Waals surface area (Å²) in [5.74, 6) is 0. The normalized spacial score (nSPS) is 16.0. The van der Waals surface area contributed by atoms with E-state index in [1.807, 2.05) is 12.4 Å². The molecule has 0 unspecified atom stereocenters. The van der Waals surface area contributed by atoms with Gasteiger partial charge < -0.3 is 0 Å². The van der Waals surface area contributed by atoms with Crippen molar-refractivity contribution in [3.8, 4) is 10.6 Å². The van der Waals surface area contributed by atoms with Gasteiger partial charge in [0.15, 0.2) is 0 Å². The molecule has 0 saturated carbocycles. The van der Waals surface area contributed by atoms with Crippen LogP contribution in [0, 0.1) is 0 Å². The number of hydrogen-bond donors (Lipinski definition) is 0. The van der Waals surface area contributed by atoms with Gasteiger partial charge in [0.05, 0.1) is 5.69 Å². The van der Waals surface area contributed by atoms with Crippen molar-refractivity contribution >= 4 is 27.3 Å². The van der Waals surface area contributed by atoms with E-state index in [9.17, 15) is 0 Å². The molecule has 3 aromatic rings. The molecular formula is C20H21BrN4S. The highest BCUT2D eigenvalue weighted by Gasteiger charge is 2.18. The summed E-state index contributed by atoms with van der Waals surface area (Å²) in [5, 5.41) is 3.30. The van der Waals surface area contributed by atoms with Crippen molar-refractivity contribution in [1.29, 1.82) is 0 Å². The SMILES string of the molecule is Brc1ccc(-c2nc(CN3CCN(Cc4ccncc4)CC3)cs2)cc1. The molecule has 1 aliphatic heterocycles. The van der Waals surface area contributed by atoms with Crippen molar-refractivity contribution in [2.75, 3.05) is 26.2 Å². The summed E-state index contributed by atoms with van der Waals surface area (Å²) in [5.41, 5.74) is 3.70. The Hall–Kier alpha value is -1.60. The predicted molar refractivity (Wildman–Crippen MR) is 110 cm³/mol. The molecule has 0 atom stereocenters. The summed E-state index contributed by atoms with van der Waals surface area (Å²) in [6.07, 6.45) is 3.74. The smallest absolute Gasteiger partial charge is 0.123 e. The van der Waals surface area contributed by atoms with Crippen LogP contribution in [0.25, 0.3) is 10.6 Å². The first-order valence-corrected chi connectivity index (χ1v) is 10.5. The van der Waals surface area contributed by atoms with E-state index in [0.717, 1.165) is 48.7 Å². The van der Waals surface area contributed by atoms with E-state index < -0.39 is 0 Å². The van der Waals surface area contributed by atoms with Crippen molar-refractivity contribution in [3.63, 3.8) is 0 Å². The molecule has 1 saturated heterocycles. The van der Waals surface area contributed by atoms with Crippen LogP contribution < -0.4 is 0 Å². The fraction of sp³-hybridized carbons (Fsp3) is 0.300. The summed E-state index contributed by atoms with van der Waals surface area (Å²) in [7, 11) is 0. The number of nitrogens with zero attached hydrogens (tertiary/aromatic N) is 4. The Kier molecular flexibility index (Phi) is 5.75. The number of piperazine rings is 1. The number of rotatable bonds is 5. The third kappa shape index (κ3) is 4.57. The van der Waals surface area contributed by atoms with Crippen molar-refractivity contribution in [3.05, 3.63) is 69.9 Å². The lowest BCUT2D eigenvalue weighted by Gasteiger charge is -2.34. The van der Waals surface area contributed by atoms with Gasteiger partial charge in [-0.3, -0.25) is 14.8 Å². The van der Waals surface area contributed by atoms with Crippen LogP contribution in [-0.4, -0.2) is 45.9 Å². The van der Waals surface area contributed by atoms with Gasteiger partial charge in [0.1, 0.15) is 5.01 Å². The molecule has 26 heavy (non-hydrogen) atoms. The molecule has 2 aromatic heterocycles. The van der Waals surface area contributed by atoms with Gasteiger partial charge in [-0.15, -0.1) is 11.3 Å². The van der Waals surface area contributed by atoms with Crippen LogP contribution in [0.3, 0.4) is 0 Å². The first kappa shape index (κ1) is 17.8. The molecule has 0 amide bonds. The minimum atomic E-state index is 0.941. The molecule has 6 heteroatoms. The van der Waals surface area contributed by atoms with Crippen LogP contribution in [0.2, 0.25) is 0 Å². The van der Waals surface area contributed by atoms with Gasteiger partial charge in [-0.25, -0.2) is 4.98 Å². The Bertz CT molecular complexity index is 827. The van der Waals surface area contributed by atoms with Gasteiger partial charge in [-0.05, 0) is 29.8 Å². The number of benzene rings is 1. The van der Waals surface area contributed by atoms with Gasteiger partial charge in [0, 0.05) is 67.1 Å². The van der Waals surface area contributed by atoms with Gasteiger partial charge in [-0.2, -0.15) is 0 Å². The van der Waals surface area contributed by atoms with Crippen molar-refractivity contribution in [2.24, 2.45) is 0 Å². The molecule has 134 valence electrons. The Labute approximate surface area is 166 Å². The lowest BCUT2D eigenvalue weighted by atomic mass is 10.2. The van der Waals surface area contributed by atoms with Crippen LogP contribution in [0.5, 0.6) is 0 Å². The molecule has 1 aliphatic rings. The van der Waals surface area contributed by atoms with Crippen LogP contribution in [0.4, 0.5) is 0 Å². The maximum atomic E-state index is 4.83. The highest BCUT2D eigenvalue weighted by atomic mass is 79.9. The minimum absolute atomic E-state index is 0.941. The lowest BCUT2D eigenvalue weighted by molar-refractivity contribution is 0.121. The maximum Gasteiger partial charge on any atom is 0.123 e. The molecule has 4 rings (SSSR count). The Morgan fingerprint density at radius 2 is 1.54 bits per heavy atom. The fourth-order valence-corrected chi connectivity index (χ4v) is 4.27. The summed E-state index contributed by atoms with van der Waals surface area (Å²) >= 11 is 5.21. The van der Waals surface area contributed by atoms with Crippen molar-refractivity contribution in [2.45, 2.75) is 13.1 Å². The van der Waals surface area contributed by atoms with Crippen molar-refractivity contribution in [1.82, 2.24) is 19.8 Å². The van der Waals surface area contributed by atoms with Gasteiger partial charge >= 0.3 is 0 Å². The summed E-state index contributed by atoms with van der Waals surface area (Å²) in [4.78, 5) is 13.9. The first-order chi connectivity index (χ1) is 12.8. The number of aromatic nitrogens is 2. The zero-order valence-corrected chi connectivity index (χ0v) is 16.9. The van der Waals surface area contributed by atoms with E-state index >= 15 is 0 Å². The Morgan fingerprint density at radius 3 is 2.23 bits per heavy atom. The quantitative estimate of drug-likeness (QED) is 0.606. The van der Waals surface area contributed by atoms with E-state index in [1.54, 1.807) is 11.3 Å². The first-order valence-electron chi connectivity index (χ1n) is 8.80. The molecule has 1 fully saturated rings.